The van der Waals surface area contributed by atoms with E-state index in [1.807, 2.05) is 4.90 Å². The molecule has 2 unspecified atom stereocenters. The predicted octanol–water partition coefficient (Wildman–Crippen LogP) is 0.0302. The van der Waals surface area contributed by atoms with E-state index in [0.717, 1.165) is 19.3 Å². The second-order valence-corrected chi connectivity index (χ2v) is 6.43. The van der Waals surface area contributed by atoms with Crippen molar-refractivity contribution in [1.29, 1.82) is 0 Å². The maximum atomic E-state index is 12.8. The van der Waals surface area contributed by atoms with Gasteiger partial charge < -0.3 is 21.2 Å². The monoisotopic (exact) mass is 294 g/mol. The fraction of sp³-hybridized carbons (Fsp3) is 0.786. The van der Waals surface area contributed by atoms with Gasteiger partial charge in [0.25, 0.3) is 0 Å². The van der Waals surface area contributed by atoms with Gasteiger partial charge in [-0.2, -0.15) is 0 Å². The summed E-state index contributed by atoms with van der Waals surface area (Å²) in [6.07, 6.45) is 4.39. The molecule has 21 heavy (non-hydrogen) atoms. The zero-order valence-electron chi connectivity index (χ0n) is 12.0. The smallest absolute Gasteiger partial charge is 0.236 e. The average molecular weight is 294 g/mol. The maximum Gasteiger partial charge on any atom is 0.236 e. The van der Waals surface area contributed by atoms with Crippen LogP contribution in [0, 0.1) is 11.3 Å². The van der Waals surface area contributed by atoms with Gasteiger partial charge >= 0.3 is 0 Å². The normalized spacial score (nSPS) is 31.9. The first-order chi connectivity index (χ1) is 10.1. The molecule has 0 aromatic carbocycles. The summed E-state index contributed by atoms with van der Waals surface area (Å²) in [7, 11) is 0. The SMILES string of the molecule is NC(=NO)C1(C(=O)N2CCC3NC(=O)CCC3C2)CCC1. The van der Waals surface area contributed by atoms with Crippen molar-refractivity contribution in [2.45, 2.75) is 44.6 Å². The van der Waals surface area contributed by atoms with Crippen LogP contribution in [0.5, 0.6) is 0 Å². The van der Waals surface area contributed by atoms with Crippen LogP contribution in [0.4, 0.5) is 0 Å². The van der Waals surface area contributed by atoms with Gasteiger partial charge in [-0.05, 0) is 31.6 Å². The van der Waals surface area contributed by atoms with Gasteiger partial charge in [-0.25, -0.2) is 0 Å². The molecule has 0 aromatic rings. The minimum absolute atomic E-state index is 0.0144. The Kier molecular flexibility index (Phi) is 3.51. The number of amides is 2. The standard InChI is InChI=1S/C14H22N4O3/c15-12(17-21)14(5-1-6-14)13(20)18-7-4-10-9(8-18)2-3-11(19)16-10/h9-10,21H,1-8H2,(H2,15,17)(H,16,19). The van der Waals surface area contributed by atoms with Crippen molar-refractivity contribution in [3.05, 3.63) is 0 Å². The fourth-order valence-corrected chi connectivity index (χ4v) is 3.80. The highest BCUT2D eigenvalue weighted by Crippen LogP contribution is 2.43. The quantitative estimate of drug-likeness (QED) is 0.289. The number of oxime groups is 1. The van der Waals surface area contributed by atoms with E-state index in [1.165, 1.54) is 0 Å². The molecule has 1 saturated carbocycles. The van der Waals surface area contributed by atoms with Crippen LogP contribution in [0.3, 0.4) is 0 Å². The molecule has 4 N–H and O–H groups in total. The van der Waals surface area contributed by atoms with Gasteiger partial charge in [0, 0.05) is 25.6 Å². The Balaban J connectivity index is 1.70. The van der Waals surface area contributed by atoms with Gasteiger partial charge in [-0.15, -0.1) is 0 Å². The van der Waals surface area contributed by atoms with E-state index < -0.39 is 5.41 Å². The molecule has 0 spiro atoms. The molecule has 116 valence electrons. The highest BCUT2D eigenvalue weighted by molar-refractivity contribution is 6.07. The van der Waals surface area contributed by atoms with Crippen LogP contribution in [0.25, 0.3) is 0 Å². The second-order valence-electron chi connectivity index (χ2n) is 6.43. The summed E-state index contributed by atoms with van der Waals surface area (Å²) in [5.41, 5.74) is 4.97. The van der Waals surface area contributed by atoms with Crippen LogP contribution in [-0.2, 0) is 9.59 Å². The minimum Gasteiger partial charge on any atom is -0.409 e. The van der Waals surface area contributed by atoms with E-state index in [2.05, 4.69) is 10.5 Å². The molecule has 2 amide bonds. The largest absolute Gasteiger partial charge is 0.409 e. The molecule has 2 saturated heterocycles. The van der Waals surface area contributed by atoms with E-state index in [-0.39, 0.29) is 23.7 Å². The molecule has 2 heterocycles. The number of hydrogen-bond acceptors (Lipinski definition) is 4. The summed E-state index contributed by atoms with van der Waals surface area (Å²) in [5.74, 6) is 0.463. The van der Waals surface area contributed by atoms with Gasteiger partial charge in [-0.1, -0.05) is 11.6 Å². The van der Waals surface area contributed by atoms with Crippen LogP contribution >= 0.6 is 0 Å². The molecule has 2 aliphatic heterocycles. The molecule has 3 rings (SSSR count). The number of hydrogen-bond donors (Lipinski definition) is 3. The molecule has 0 bridgehead atoms. The third kappa shape index (κ3) is 2.24. The molecule has 3 aliphatic rings. The minimum atomic E-state index is -0.792. The van der Waals surface area contributed by atoms with Gasteiger partial charge in [0.1, 0.15) is 5.41 Å². The van der Waals surface area contributed by atoms with Crippen LogP contribution in [0.15, 0.2) is 5.16 Å². The Morgan fingerprint density at radius 2 is 2.19 bits per heavy atom. The van der Waals surface area contributed by atoms with Crippen LogP contribution in [-0.4, -0.2) is 46.9 Å². The molecule has 3 fully saturated rings. The van der Waals surface area contributed by atoms with Crippen molar-refractivity contribution < 1.29 is 14.8 Å². The summed E-state index contributed by atoms with van der Waals surface area (Å²) in [6.45, 7) is 1.28. The van der Waals surface area contributed by atoms with Crippen LogP contribution in [0.2, 0.25) is 0 Å². The first-order valence-corrected chi connectivity index (χ1v) is 7.63. The third-order valence-corrected chi connectivity index (χ3v) is 5.32. The summed E-state index contributed by atoms with van der Waals surface area (Å²) in [4.78, 5) is 26.1. The zero-order valence-corrected chi connectivity index (χ0v) is 12.0. The maximum absolute atomic E-state index is 12.8. The number of nitrogens with two attached hydrogens (primary N) is 1. The highest BCUT2D eigenvalue weighted by Gasteiger charge is 2.51. The molecular weight excluding hydrogens is 272 g/mol. The number of rotatable bonds is 2. The Hall–Kier alpha value is -1.79. The van der Waals surface area contributed by atoms with Crippen molar-refractivity contribution in [1.82, 2.24) is 10.2 Å². The summed E-state index contributed by atoms with van der Waals surface area (Å²) in [6, 6.07) is 0.191. The lowest BCUT2D eigenvalue weighted by Crippen LogP contribution is -2.60. The van der Waals surface area contributed by atoms with E-state index in [0.29, 0.717) is 38.3 Å². The Morgan fingerprint density at radius 3 is 2.81 bits per heavy atom. The first-order valence-electron chi connectivity index (χ1n) is 7.63. The molecular formula is C14H22N4O3. The molecule has 0 radical (unpaired) electrons. The topological polar surface area (TPSA) is 108 Å². The van der Waals surface area contributed by atoms with E-state index >= 15 is 0 Å². The van der Waals surface area contributed by atoms with Crippen molar-refractivity contribution in [2.24, 2.45) is 22.2 Å². The summed E-state index contributed by atoms with van der Waals surface area (Å²) in [5, 5.41) is 15.0. The molecule has 7 heteroatoms. The van der Waals surface area contributed by atoms with E-state index in [4.69, 9.17) is 10.9 Å². The third-order valence-electron chi connectivity index (χ3n) is 5.32. The lowest BCUT2D eigenvalue weighted by Gasteiger charge is -2.47. The Bertz CT molecular complexity index is 487. The molecule has 0 aromatic heterocycles. The van der Waals surface area contributed by atoms with Gasteiger partial charge in [0.2, 0.25) is 11.8 Å². The number of carbonyl (C=O) groups is 2. The number of fused-ring (bicyclic) bond motifs is 1. The van der Waals surface area contributed by atoms with Crippen LogP contribution < -0.4 is 11.1 Å². The fourth-order valence-electron chi connectivity index (χ4n) is 3.80. The van der Waals surface area contributed by atoms with Gasteiger partial charge in [-0.3, -0.25) is 9.59 Å². The number of carbonyl (C=O) groups excluding carboxylic acids is 2. The second kappa shape index (κ2) is 5.20. The number of nitrogens with zero attached hydrogens (tertiary/aromatic N) is 2. The average Bonchev–Trinajstić information content (AvgIpc) is 2.45. The van der Waals surface area contributed by atoms with Gasteiger partial charge in [0.15, 0.2) is 5.84 Å². The zero-order chi connectivity index (χ0) is 15.0. The van der Waals surface area contributed by atoms with Crippen molar-refractivity contribution in [2.75, 3.05) is 13.1 Å². The lowest BCUT2D eigenvalue weighted by atomic mass is 9.66. The summed E-state index contributed by atoms with van der Waals surface area (Å²) >= 11 is 0. The van der Waals surface area contributed by atoms with Crippen LogP contribution in [0.1, 0.15) is 38.5 Å². The predicted molar refractivity (Wildman–Crippen MR) is 75.5 cm³/mol. The summed E-state index contributed by atoms with van der Waals surface area (Å²) < 4.78 is 0. The molecule has 1 aliphatic carbocycles. The van der Waals surface area contributed by atoms with E-state index in [1.54, 1.807) is 0 Å². The number of nitrogens with one attached hydrogen (secondary N) is 1. The Morgan fingerprint density at radius 1 is 1.43 bits per heavy atom. The highest BCUT2D eigenvalue weighted by atomic mass is 16.4. The first kappa shape index (κ1) is 14.2. The van der Waals surface area contributed by atoms with Gasteiger partial charge in [0.05, 0.1) is 0 Å². The van der Waals surface area contributed by atoms with E-state index in [9.17, 15) is 9.59 Å². The number of piperidine rings is 2. The lowest BCUT2D eigenvalue weighted by molar-refractivity contribution is -0.145. The molecule has 2 atom stereocenters. The van der Waals surface area contributed by atoms with Crippen molar-refractivity contribution >= 4 is 17.6 Å². The number of amidine groups is 1. The number of likely N-dealkylation sites (tertiary alicyclic amines) is 1. The molecule has 7 nitrogen and oxygen atoms in total. The van der Waals surface area contributed by atoms with Crippen molar-refractivity contribution in [3.63, 3.8) is 0 Å². The Labute approximate surface area is 123 Å². The van der Waals surface area contributed by atoms with Crippen molar-refractivity contribution in [3.8, 4) is 0 Å².